The highest BCUT2D eigenvalue weighted by atomic mass is 19.1. The molecule has 2 atom stereocenters. The second-order valence-electron chi connectivity index (χ2n) is 11.1. The molecule has 2 unspecified atom stereocenters. The van der Waals surface area contributed by atoms with E-state index in [1.165, 1.54) is 11.6 Å². The second kappa shape index (κ2) is 10.9. The maximum absolute atomic E-state index is 14.9. The van der Waals surface area contributed by atoms with Gasteiger partial charge in [0.15, 0.2) is 0 Å². The van der Waals surface area contributed by atoms with Crippen molar-refractivity contribution in [1.29, 1.82) is 5.26 Å². The fourth-order valence-electron chi connectivity index (χ4n) is 5.53. The van der Waals surface area contributed by atoms with Gasteiger partial charge in [-0.3, -0.25) is 0 Å². The molecule has 3 rings (SSSR count). The van der Waals surface area contributed by atoms with Crippen LogP contribution in [-0.2, 0) is 5.41 Å². The molecule has 0 saturated heterocycles. The monoisotopic (exact) mass is 466 g/mol. The molecular weight excluding hydrogens is 426 g/mol. The van der Waals surface area contributed by atoms with Gasteiger partial charge in [-0.15, -0.1) is 0 Å². The summed E-state index contributed by atoms with van der Waals surface area (Å²) in [6.07, 6.45) is 11.6. The zero-order chi connectivity index (χ0) is 24.9. The van der Waals surface area contributed by atoms with Gasteiger partial charge in [-0.05, 0) is 75.8 Å². The molecular formula is C30H40F2N2. The fraction of sp³-hybridized carbons (Fsp3) is 0.567. The number of nitrogens with zero attached hydrogens (tertiary/aromatic N) is 2. The Kier molecular flexibility index (Phi) is 8.39. The van der Waals surface area contributed by atoms with Crippen LogP contribution in [0.1, 0.15) is 90.2 Å². The topological polar surface area (TPSA) is 27.0 Å². The van der Waals surface area contributed by atoms with Gasteiger partial charge in [0.05, 0.1) is 17.3 Å². The third kappa shape index (κ3) is 6.17. The van der Waals surface area contributed by atoms with Crippen molar-refractivity contribution in [3.63, 3.8) is 0 Å². The molecule has 0 spiro atoms. The van der Waals surface area contributed by atoms with Gasteiger partial charge in [0.1, 0.15) is 5.82 Å². The molecule has 1 saturated carbocycles. The van der Waals surface area contributed by atoms with Gasteiger partial charge in [0.25, 0.3) is 0 Å². The van der Waals surface area contributed by atoms with Crippen molar-refractivity contribution in [3.05, 3.63) is 65.3 Å². The van der Waals surface area contributed by atoms with Gasteiger partial charge in [-0.25, -0.2) is 8.78 Å². The van der Waals surface area contributed by atoms with Crippen LogP contribution in [0.15, 0.2) is 48.3 Å². The molecule has 0 amide bonds. The van der Waals surface area contributed by atoms with Crippen molar-refractivity contribution in [2.45, 2.75) is 84.5 Å². The third-order valence-corrected chi connectivity index (χ3v) is 7.76. The number of allylic oxidation sites excluding steroid dienone is 4. The summed E-state index contributed by atoms with van der Waals surface area (Å²) in [7, 11) is 0. The number of hydrogen-bond donors (Lipinski definition) is 0. The fourth-order valence-corrected chi connectivity index (χ4v) is 5.53. The lowest BCUT2D eigenvalue weighted by Gasteiger charge is -2.34. The molecule has 34 heavy (non-hydrogen) atoms. The van der Waals surface area contributed by atoms with Crippen LogP contribution in [-0.4, -0.2) is 18.0 Å². The van der Waals surface area contributed by atoms with Crippen LogP contribution in [0.25, 0.3) is 5.70 Å². The van der Waals surface area contributed by atoms with Crippen LogP contribution < -0.4 is 0 Å². The molecule has 0 radical (unpaired) electrons. The standard InChI is InChI=1S/C30H40F2N2/c1-6-16-34(22(2)23-12-13-27(28(32)19-23)29(3,4)21-33)17-15-30(5)14-8-10-24-18-26(31)11-7-9-25(24)20-30/h9,11-13,19,24H,2,6-8,10,14-18,20H2,1,3-5H3. The first-order valence-corrected chi connectivity index (χ1v) is 12.8. The van der Waals surface area contributed by atoms with Crippen molar-refractivity contribution in [1.82, 2.24) is 4.90 Å². The SMILES string of the molecule is C=C(c1ccc(C(C)(C)C#N)c(F)c1)N(CCC)CCC1(C)CCCC2CC(F)=CCC=C2C1. The lowest BCUT2D eigenvalue weighted by Crippen LogP contribution is -2.29. The van der Waals surface area contributed by atoms with E-state index < -0.39 is 5.41 Å². The average molecular weight is 467 g/mol. The molecule has 0 aromatic heterocycles. The van der Waals surface area contributed by atoms with E-state index in [9.17, 15) is 14.0 Å². The largest absolute Gasteiger partial charge is 0.372 e. The number of benzene rings is 1. The smallest absolute Gasteiger partial charge is 0.128 e. The van der Waals surface area contributed by atoms with E-state index in [1.54, 1.807) is 26.0 Å². The van der Waals surface area contributed by atoms with E-state index in [2.05, 4.69) is 37.5 Å². The highest BCUT2D eigenvalue weighted by molar-refractivity contribution is 5.62. The van der Waals surface area contributed by atoms with Crippen LogP contribution in [0.4, 0.5) is 8.78 Å². The molecule has 1 aromatic rings. The third-order valence-electron chi connectivity index (χ3n) is 7.76. The first-order valence-electron chi connectivity index (χ1n) is 12.8. The zero-order valence-electron chi connectivity index (χ0n) is 21.4. The molecule has 0 bridgehead atoms. The predicted octanol–water partition coefficient (Wildman–Crippen LogP) is 8.47. The van der Waals surface area contributed by atoms with Gasteiger partial charge in [-0.1, -0.05) is 50.6 Å². The van der Waals surface area contributed by atoms with E-state index in [-0.39, 0.29) is 17.1 Å². The van der Waals surface area contributed by atoms with Crippen LogP contribution >= 0.6 is 0 Å². The Morgan fingerprint density at radius 3 is 2.71 bits per heavy atom. The summed E-state index contributed by atoms with van der Waals surface area (Å²) in [5.41, 5.74) is 2.74. The Balaban J connectivity index is 1.72. The zero-order valence-corrected chi connectivity index (χ0v) is 21.4. The van der Waals surface area contributed by atoms with Crippen molar-refractivity contribution in [2.75, 3.05) is 13.1 Å². The minimum atomic E-state index is -0.871. The van der Waals surface area contributed by atoms with Crippen LogP contribution in [0.3, 0.4) is 0 Å². The first-order chi connectivity index (χ1) is 16.1. The quantitative estimate of drug-likeness (QED) is 0.359. The van der Waals surface area contributed by atoms with Gasteiger partial charge in [0.2, 0.25) is 0 Å². The number of rotatable bonds is 8. The van der Waals surface area contributed by atoms with Gasteiger partial charge >= 0.3 is 0 Å². The Bertz CT molecular complexity index is 998. The number of halogens is 2. The van der Waals surface area contributed by atoms with Crippen LogP contribution in [0.5, 0.6) is 0 Å². The molecule has 4 heteroatoms. The van der Waals surface area contributed by atoms with Crippen LogP contribution in [0.2, 0.25) is 0 Å². The van der Waals surface area contributed by atoms with Gasteiger partial charge in [-0.2, -0.15) is 5.26 Å². The first kappa shape index (κ1) is 26.2. The molecule has 184 valence electrons. The summed E-state index contributed by atoms with van der Waals surface area (Å²) in [6.45, 7) is 14.0. The van der Waals surface area contributed by atoms with E-state index in [0.717, 1.165) is 62.9 Å². The van der Waals surface area contributed by atoms with E-state index in [1.807, 2.05) is 6.07 Å². The Hall–Kier alpha value is -2.41. The predicted molar refractivity (Wildman–Crippen MR) is 137 cm³/mol. The highest BCUT2D eigenvalue weighted by Gasteiger charge is 2.33. The Labute approximate surface area is 205 Å². The summed E-state index contributed by atoms with van der Waals surface area (Å²) in [5.74, 6) is 0.0349. The minimum absolute atomic E-state index is 0.0432. The van der Waals surface area contributed by atoms with E-state index in [4.69, 9.17) is 0 Å². The van der Waals surface area contributed by atoms with Gasteiger partial charge < -0.3 is 4.90 Å². The second-order valence-corrected chi connectivity index (χ2v) is 11.1. The lowest BCUT2D eigenvalue weighted by atomic mass is 9.77. The Morgan fingerprint density at radius 1 is 1.26 bits per heavy atom. The van der Waals surface area contributed by atoms with Crippen LogP contribution in [0, 0.1) is 28.5 Å². The van der Waals surface area contributed by atoms with E-state index in [0.29, 0.717) is 24.3 Å². The highest BCUT2D eigenvalue weighted by Crippen LogP contribution is 2.45. The molecule has 2 nitrogen and oxygen atoms in total. The van der Waals surface area contributed by atoms with Crippen molar-refractivity contribution < 1.29 is 8.78 Å². The minimum Gasteiger partial charge on any atom is -0.372 e. The van der Waals surface area contributed by atoms with E-state index >= 15 is 0 Å². The number of hydrogen-bond acceptors (Lipinski definition) is 2. The number of nitriles is 1. The maximum atomic E-state index is 14.9. The molecule has 0 aliphatic heterocycles. The van der Waals surface area contributed by atoms with Gasteiger partial charge in [0, 0.05) is 36.3 Å². The van der Waals surface area contributed by atoms with Crippen molar-refractivity contribution in [3.8, 4) is 6.07 Å². The summed E-state index contributed by atoms with van der Waals surface area (Å²) < 4.78 is 28.9. The molecule has 1 aromatic carbocycles. The Morgan fingerprint density at radius 2 is 2.03 bits per heavy atom. The summed E-state index contributed by atoms with van der Waals surface area (Å²) in [5, 5.41) is 9.38. The lowest BCUT2D eigenvalue weighted by molar-refractivity contribution is 0.234. The molecule has 2 aliphatic rings. The molecule has 0 N–H and O–H groups in total. The van der Waals surface area contributed by atoms with Crippen molar-refractivity contribution in [2.24, 2.45) is 11.3 Å². The number of fused-ring (bicyclic) bond motifs is 1. The normalized spacial score (nSPS) is 23.0. The molecule has 2 aliphatic carbocycles. The summed E-state index contributed by atoms with van der Waals surface area (Å²) in [6, 6.07) is 7.31. The summed E-state index contributed by atoms with van der Waals surface area (Å²) >= 11 is 0. The average Bonchev–Trinajstić information content (AvgIpc) is 3.05. The molecule has 1 fully saturated rings. The molecule has 0 heterocycles. The van der Waals surface area contributed by atoms with Crippen molar-refractivity contribution >= 4 is 5.70 Å². The summed E-state index contributed by atoms with van der Waals surface area (Å²) in [4.78, 5) is 2.28. The maximum Gasteiger partial charge on any atom is 0.128 e.